The molecule has 0 spiro atoms. The van der Waals surface area contributed by atoms with E-state index < -0.39 is 0 Å². The number of hydrogen-bond donors (Lipinski definition) is 3. The molecule has 0 saturated heterocycles. The Morgan fingerprint density at radius 3 is 2.91 bits per heavy atom. The van der Waals surface area contributed by atoms with Crippen molar-refractivity contribution in [1.29, 1.82) is 0 Å². The van der Waals surface area contributed by atoms with Crippen LogP contribution in [0, 0.1) is 11.7 Å². The summed E-state index contributed by atoms with van der Waals surface area (Å²) < 4.78 is 13.6. The highest BCUT2D eigenvalue weighted by Gasteiger charge is 2.20. The minimum Gasteiger partial charge on any atom is -0.393 e. The molecule has 5 heteroatoms. The predicted molar refractivity (Wildman–Crippen MR) is 84.1 cm³/mol. The Bertz CT molecular complexity index is 495. The lowest BCUT2D eigenvalue weighted by molar-refractivity contribution is 0.101. The molecule has 0 heterocycles. The Balaban J connectivity index is 1.71. The van der Waals surface area contributed by atoms with E-state index in [0.29, 0.717) is 24.4 Å². The number of hydrogen-bond acceptors (Lipinski definition) is 2. The summed E-state index contributed by atoms with van der Waals surface area (Å²) >= 11 is 0. The maximum Gasteiger partial charge on any atom is 0.315 e. The summed E-state index contributed by atoms with van der Waals surface area (Å²) in [6, 6.07) is 6.23. The van der Waals surface area contributed by atoms with Crippen LogP contribution in [0.1, 0.15) is 38.2 Å². The van der Waals surface area contributed by atoms with Crippen LogP contribution in [0.3, 0.4) is 0 Å². The van der Waals surface area contributed by atoms with E-state index in [1.54, 1.807) is 18.2 Å². The molecular formula is C17H25FN2O2. The first-order valence-corrected chi connectivity index (χ1v) is 8.00. The molecule has 2 rings (SSSR count). The van der Waals surface area contributed by atoms with E-state index in [9.17, 15) is 14.3 Å². The van der Waals surface area contributed by atoms with E-state index in [-0.39, 0.29) is 24.0 Å². The molecule has 4 nitrogen and oxygen atoms in total. The molecule has 0 radical (unpaired) electrons. The molecule has 1 aromatic rings. The quantitative estimate of drug-likeness (QED) is 0.783. The van der Waals surface area contributed by atoms with E-state index in [2.05, 4.69) is 10.6 Å². The highest BCUT2D eigenvalue weighted by molar-refractivity contribution is 5.74. The van der Waals surface area contributed by atoms with E-state index >= 15 is 0 Å². The zero-order valence-corrected chi connectivity index (χ0v) is 13.0. The maximum atomic E-state index is 13.6. The van der Waals surface area contributed by atoms with Gasteiger partial charge in [-0.3, -0.25) is 0 Å². The monoisotopic (exact) mass is 308 g/mol. The van der Waals surface area contributed by atoms with Gasteiger partial charge in [0.25, 0.3) is 0 Å². The van der Waals surface area contributed by atoms with Crippen LogP contribution in [0.5, 0.6) is 0 Å². The maximum absolute atomic E-state index is 13.6. The first kappa shape index (κ1) is 16.7. The van der Waals surface area contributed by atoms with Gasteiger partial charge < -0.3 is 15.7 Å². The van der Waals surface area contributed by atoms with Gasteiger partial charge in [-0.25, -0.2) is 9.18 Å². The first-order chi connectivity index (χ1) is 10.5. The van der Waals surface area contributed by atoms with Crippen LogP contribution in [-0.4, -0.2) is 29.8 Å². The fraction of sp³-hybridized carbons (Fsp3) is 0.588. The fourth-order valence-electron chi connectivity index (χ4n) is 3.00. The van der Waals surface area contributed by atoms with Crippen molar-refractivity contribution in [3.05, 3.63) is 35.6 Å². The summed E-state index contributed by atoms with van der Waals surface area (Å²) in [7, 11) is 0. The van der Waals surface area contributed by atoms with Crippen molar-refractivity contribution in [2.75, 3.05) is 6.54 Å². The van der Waals surface area contributed by atoms with Crippen LogP contribution >= 0.6 is 0 Å². The highest BCUT2D eigenvalue weighted by Crippen LogP contribution is 2.23. The van der Waals surface area contributed by atoms with Gasteiger partial charge in [0.1, 0.15) is 5.82 Å². The smallest absolute Gasteiger partial charge is 0.315 e. The van der Waals surface area contributed by atoms with Crippen LogP contribution in [0.25, 0.3) is 0 Å². The number of benzene rings is 1. The third kappa shape index (κ3) is 5.30. The number of halogens is 1. The topological polar surface area (TPSA) is 61.4 Å². The standard InChI is InChI=1S/C17H25FN2O2/c1-12(9-14-6-2-3-8-16(14)18)20-17(22)19-11-13-5-4-7-15(21)10-13/h2-3,6,8,12-13,15,21H,4-5,7,9-11H2,1H3,(H2,19,20,22). The molecule has 122 valence electrons. The minimum atomic E-state index is -0.243. The Morgan fingerprint density at radius 2 is 2.18 bits per heavy atom. The average Bonchev–Trinajstić information content (AvgIpc) is 2.47. The molecule has 2 amide bonds. The fourth-order valence-corrected chi connectivity index (χ4v) is 3.00. The Morgan fingerprint density at radius 1 is 1.41 bits per heavy atom. The van der Waals surface area contributed by atoms with Gasteiger partial charge in [0, 0.05) is 12.6 Å². The summed E-state index contributed by atoms with van der Waals surface area (Å²) in [4.78, 5) is 11.9. The number of nitrogens with one attached hydrogen (secondary N) is 2. The number of amides is 2. The van der Waals surface area contributed by atoms with Crippen molar-refractivity contribution < 1.29 is 14.3 Å². The molecule has 0 aromatic heterocycles. The van der Waals surface area contributed by atoms with E-state index in [4.69, 9.17) is 0 Å². The number of aliphatic hydroxyl groups excluding tert-OH is 1. The van der Waals surface area contributed by atoms with Crippen LogP contribution in [0.2, 0.25) is 0 Å². The van der Waals surface area contributed by atoms with Gasteiger partial charge in [-0.1, -0.05) is 24.6 Å². The summed E-state index contributed by atoms with van der Waals surface area (Å²) in [6.45, 7) is 2.44. The number of carbonyl (C=O) groups is 1. The van der Waals surface area contributed by atoms with Gasteiger partial charge in [-0.15, -0.1) is 0 Å². The SMILES string of the molecule is CC(Cc1ccccc1F)NC(=O)NCC1CCCC(O)C1. The van der Waals surface area contributed by atoms with Crippen LogP contribution in [0.15, 0.2) is 24.3 Å². The Kier molecular flexibility index (Phi) is 6.19. The normalized spacial score (nSPS) is 22.9. The Hall–Kier alpha value is -1.62. The lowest BCUT2D eigenvalue weighted by Crippen LogP contribution is -2.44. The number of rotatable bonds is 5. The molecular weight excluding hydrogens is 283 g/mol. The molecule has 22 heavy (non-hydrogen) atoms. The second-order valence-corrected chi connectivity index (χ2v) is 6.24. The predicted octanol–water partition coefficient (Wildman–Crippen LogP) is 2.61. The van der Waals surface area contributed by atoms with E-state index in [1.807, 2.05) is 6.92 Å². The summed E-state index contributed by atoms with van der Waals surface area (Å²) in [5.74, 6) is 0.101. The summed E-state index contributed by atoms with van der Waals surface area (Å²) in [6.07, 6.45) is 3.90. The van der Waals surface area contributed by atoms with Gasteiger partial charge in [0.05, 0.1) is 6.10 Å². The number of aliphatic hydroxyl groups is 1. The second-order valence-electron chi connectivity index (χ2n) is 6.24. The molecule has 1 aliphatic rings. The van der Waals surface area contributed by atoms with Crippen LogP contribution in [0.4, 0.5) is 9.18 Å². The minimum absolute atomic E-state index is 0.145. The summed E-state index contributed by atoms with van der Waals surface area (Å²) in [5, 5.41) is 15.3. The average molecular weight is 308 g/mol. The first-order valence-electron chi connectivity index (χ1n) is 8.00. The summed E-state index contributed by atoms with van der Waals surface area (Å²) in [5.41, 5.74) is 0.603. The largest absolute Gasteiger partial charge is 0.393 e. The van der Waals surface area contributed by atoms with Crippen LogP contribution < -0.4 is 10.6 Å². The third-order valence-electron chi connectivity index (χ3n) is 4.17. The lowest BCUT2D eigenvalue weighted by Gasteiger charge is -2.26. The van der Waals surface area contributed by atoms with Crippen molar-refractivity contribution in [3.63, 3.8) is 0 Å². The van der Waals surface area contributed by atoms with Gasteiger partial charge in [0.15, 0.2) is 0 Å². The number of urea groups is 1. The number of carbonyl (C=O) groups excluding carboxylic acids is 1. The zero-order chi connectivity index (χ0) is 15.9. The molecule has 3 atom stereocenters. The van der Waals surface area contributed by atoms with Crippen molar-refractivity contribution in [2.45, 2.75) is 51.2 Å². The lowest BCUT2D eigenvalue weighted by atomic mass is 9.87. The van der Waals surface area contributed by atoms with Crippen molar-refractivity contribution in [1.82, 2.24) is 10.6 Å². The van der Waals surface area contributed by atoms with Crippen molar-refractivity contribution >= 4 is 6.03 Å². The highest BCUT2D eigenvalue weighted by atomic mass is 19.1. The van der Waals surface area contributed by atoms with Gasteiger partial charge in [0.2, 0.25) is 0 Å². The molecule has 1 aliphatic carbocycles. The molecule has 3 unspecified atom stereocenters. The van der Waals surface area contributed by atoms with E-state index in [0.717, 1.165) is 25.7 Å². The third-order valence-corrected chi connectivity index (χ3v) is 4.17. The molecule has 1 fully saturated rings. The molecule has 0 bridgehead atoms. The molecule has 0 aliphatic heterocycles. The van der Waals surface area contributed by atoms with Gasteiger partial charge in [-0.2, -0.15) is 0 Å². The van der Waals surface area contributed by atoms with Crippen molar-refractivity contribution in [3.8, 4) is 0 Å². The van der Waals surface area contributed by atoms with Crippen molar-refractivity contribution in [2.24, 2.45) is 5.92 Å². The molecule has 3 N–H and O–H groups in total. The molecule has 1 aromatic carbocycles. The molecule has 1 saturated carbocycles. The Labute approximate surface area is 131 Å². The van der Waals surface area contributed by atoms with Crippen LogP contribution in [-0.2, 0) is 6.42 Å². The van der Waals surface area contributed by atoms with E-state index in [1.165, 1.54) is 6.07 Å². The van der Waals surface area contributed by atoms with Gasteiger partial charge >= 0.3 is 6.03 Å². The zero-order valence-electron chi connectivity index (χ0n) is 13.0. The van der Waals surface area contributed by atoms with Gasteiger partial charge in [-0.05, 0) is 50.2 Å². The second kappa shape index (κ2) is 8.13.